The number of likely N-dealkylation sites (tertiary alicyclic amines) is 2. The van der Waals surface area contributed by atoms with Crippen LogP contribution in [-0.4, -0.2) is 93.1 Å². The number of ether oxygens (including phenoxy) is 2. The number of aromatic nitrogens is 4. The van der Waals surface area contributed by atoms with Crippen LogP contribution in [0, 0.1) is 11.8 Å². The van der Waals surface area contributed by atoms with Crippen molar-refractivity contribution < 1.29 is 28.7 Å². The van der Waals surface area contributed by atoms with E-state index in [1.807, 2.05) is 52.0 Å². The summed E-state index contributed by atoms with van der Waals surface area (Å²) in [6.07, 6.45) is 5.51. The number of amides is 4. The van der Waals surface area contributed by atoms with E-state index in [0.29, 0.717) is 24.7 Å². The third kappa shape index (κ3) is 7.32. The van der Waals surface area contributed by atoms with Gasteiger partial charge >= 0.3 is 12.2 Å². The number of nitrogens with one attached hydrogen (secondary N) is 4. The molecule has 2 fully saturated rings. The molecule has 3 aromatic rings. The van der Waals surface area contributed by atoms with Crippen LogP contribution >= 0.6 is 0 Å². The Labute approximate surface area is 280 Å². The summed E-state index contributed by atoms with van der Waals surface area (Å²) < 4.78 is 9.47. The first-order chi connectivity index (χ1) is 23.0. The Balaban J connectivity index is 1.27. The molecule has 0 unspecified atom stereocenters. The molecule has 2 saturated heterocycles. The van der Waals surface area contributed by atoms with Crippen molar-refractivity contribution in [1.29, 1.82) is 0 Å². The van der Waals surface area contributed by atoms with Crippen molar-refractivity contribution in [3.05, 3.63) is 48.3 Å². The standard InChI is InChI=1S/C34H46N8O6/c1-19(2)27(39-33(45)47-5)31(43)41-15-7-9-25(41)29-35-17-23(37-29)21-11-13-22(14-12-21)24-18-36-30(38-24)26-10-8-16-42(26)32(44)28(20(3)4)40-34(46)48-6/h11-14,17-20,25-28H,7-10,15-16H2,1-6H3,(H,35,37)(H,36,38)(H,39,45)(H,40,46)/t25-,26-,27-,28-/m1/s1. The second kappa shape index (κ2) is 14.9. The van der Waals surface area contributed by atoms with E-state index in [-0.39, 0.29) is 35.7 Å². The molecule has 258 valence electrons. The molecule has 4 amide bonds. The van der Waals surface area contributed by atoms with E-state index in [4.69, 9.17) is 9.47 Å². The Morgan fingerprint density at radius 1 is 0.708 bits per heavy atom. The van der Waals surface area contributed by atoms with Crippen molar-refractivity contribution in [1.82, 2.24) is 40.4 Å². The van der Waals surface area contributed by atoms with Gasteiger partial charge < -0.3 is 39.9 Å². The van der Waals surface area contributed by atoms with Crippen molar-refractivity contribution in [3.8, 4) is 22.5 Å². The lowest BCUT2D eigenvalue weighted by molar-refractivity contribution is -0.136. The molecule has 1 aromatic carbocycles. The maximum absolute atomic E-state index is 13.5. The molecule has 0 bridgehead atoms. The fourth-order valence-electron chi connectivity index (χ4n) is 6.52. The normalized spacial score (nSPS) is 19.0. The van der Waals surface area contributed by atoms with Gasteiger partial charge in [0.2, 0.25) is 11.8 Å². The molecule has 0 aliphatic carbocycles. The summed E-state index contributed by atoms with van der Waals surface area (Å²) in [7, 11) is 2.56. The predicted octanol–water partition coefficient (Wildman–Crippen LogP) is 4.56. The summed E-state index contributed by atoms with van der Waals surface area (Å²) in [6, 6.07) is 6.16. The number of H-pyrrole nitrogens is 2. The van der Waals surface area contributed by atoms with Crippen LogP contribution in [0.2, 0.25) is 0 Å². The first-order valence-corrected chi connectivity index (χ1v) is 16.5. The molecule has 2 aliphatic rings. The third-order valence-corrected chi connectivity index (χ3v) is 9.18. The van der Waals surface area contributed by atoms with E-state index in [0.717, 1.165) is 48.2 Å². The zero-order chi connectivity index (χ0) is 34.5. The van der Waals surface area contributed by atoms with Gasteiger partial charge in [0.1, 0.15) is 23.7 Å². The molecule has 14 nitrogen and oxygen atoms in total. The topological polar surface area (TPSA) is 175 Å². The number of carbonyl (C=O) groups excluding carboxylic acids is 4. The zero-order valence-electron chi connectivity index (χ0n) is 28.4. The van der Waals surface area contributed by atoms with Crippen molar-refractivity contribution in [2.24, 2.45) is 11.8 Å². The molecule has 2 aromatic heterocycles. The van der Waals surface area contributed by atoms with Crippen molar-refractivity contribution in [2.75, 3.05) is 27.3 Å². The van der Waals surface area contributed by atoms with Gasteiger partial charge in [0.25, 0.3) is 0 Å². The highest BCUT2D eigenvalue weighted by molar-refractivity contribution is 5.87. The summed E-state index contributed by atoms with van der Waals surface area (Å²) in [6.45, 7) is 8.73. The van der Waals surface area contributed by atoms with Crippen LogP contribution in [-0.2, 0) is 19.1 Å². The Kier molecular flexibility index (Phi) is 10.7. The maximum Gasteiger partial charge on any atom is 0.407 e. The number of aromatic amines is 2. The third-order valence-electron chi connectivity index (χ3n) is 9.18. The van der Waals surface area contributed by atoms with E-state index < -0.39 is 24.3 Å². The van der Waals surface area contributed by atoms with Gasteiger partial charge in [-0.1, -0.05) is 52.0 Å². The fourth-order valence-corrected chi connectivity index (χ4v) is 6.52. The van der Waals surface area contributed by atoms with Crippen LogP contribution in [0.5, 0.6) is 0 Å². The fraction of sp³-hybridized carbons (Fsp3) is 0.529. The summed E-state index contributed by atoms with van der Waals surface area (Å²) in [4.78, 5) is 70.4. The minimum Gasteiger partial charge on any atom is -0.453 e. The lowest BCUT2D eigenvalue weighted by Crippen LogP contribution is -2.51. The lowest BCUT2D eigenvalue weighted by atomic mass is 10.0. The molecule has 4 heterocycles. The molecule has 5 rings (SSSR count). The molecule has 0 saturated carbocycles. The van der Waals surface area contributed by atoms with Gasteiger partial charge in [0.15, 0.2) is 0 Å². The molecule has 14 heteroatoms. The second-order valence-electron chi connectivity index (χ2n) is 13.0. The highest BCUT2D eigenvalue weighted by atomic mass is 16.5. The number of hydrogen-bond donors (Lipinski definition) is 4. The van der Waals surface area contributed by atoms with Crippen LogP contribution in [0.4, 0.5) is 9.59 Å². The van der Waals surface area contributed by atoms with E-state index in [1.54, 1.807) is 22.2 Å². The minimum absolute atomic E-state index is 0.110. The van der Waals surface area contributed by atoms with Crippen LogP contribution < -0.4 is 10.6 Å². The SMILES string of the molecule is COC(=O)N[C@@H](C(=O)N1CCC[C@@H]1c1ncc(-c2ccc(-c3cnc([C@H]4CCCN4C(=O)[C@H](NC(=O)OC)C(C)C)[nH]3)cc2)[nH]1)C(C)C. The number of benzene rings is 1. The number of rotatable bonds is 10. The Morgan fingerprint density at radius 3 is 1.42 bits per heavy atom. The lowest BCUT2D eigenvalue weighted by Gasteiger charge is -2.30. The number of carbonyl (C=O) groups is 4. The first-order valence-electron chi connectivity index (χ1n) is 16.5. The van der Waals surface area contributed by atoms with E-state index >= 15 is 0 Å². The van der Waals surface area contributed by atoms with Crippen LogP contribution in [0.3, 0.4) is 0 Å². The van der Waals surface area contributed by atoms with Crippen LogP contribution in [0.1, 0.15) is 77.1 Å². The Hall–Kier alpha value is -4.88. The van der Waals surface area contributed by atoms with Gasteiger partial charge in [-0.2, -0.15) is 0 Å². The van der Waals surface area contributed by atoms with Gasteiger partial charge in [0, 0.05) is 13.1 Å². The van der Waals surface area contributed by atoms with Crippen molar-refractivity contribution >= 4 is 24.0 Å². The molecule has 4 atom stereocenters. The van der Waals surface area contributed by atoms with Gasteiger partial charge in [-0.25, -0.2) is 19.6 Å². The smallest absolute Gasteiger partial charge is 0.407 e. The zero-order valence-corrected chi connectivity index (χ0v) is 28.4. The predicted molar refractivity (Wildman–Crippen MR) is 177 cm³/mol. The average Bonchev–Trinajstić information content (AvgIpc) is 3.90. The summed E-state index contributed by atoms with van der Waals surface area (Å²) in [5, 5.41) is 5.36. The number of methoxy groups -OCH3 is 2. The molecule has 2 aliphatic heterocycles. The van der Waals surface area contributed by atoms with Gasteiger partial charge in [-0.15, -0.1) is 0 Å². The number of imidazole rings is 2. The average molecular weight is 663 g/mol. The van der Waals surface area contributed by atoms with Crippen LogP contribution in [0.25, 0.3) is 22.5 Å². The summed E-state index contributed by atoms with van der Waals surface area (Å²) in [5.74, 6) is 0.888. The molecular weight excluding hydrogens is 616 g/mol. The quantitative estimate of drug-likeness (QED) is 0.245. The van der Waals surface area contributed by atoms with Gasteiger partial charge in [-0.05, 0) is 48.6 Å². The number of alkyl carbamates (subject to hydrolysis) is 2. The monoisotopic (exact) mass is 662 g/mol. The highest BCUT2D eigenvalue weighted by Crippen LogP contribution is 2.35. The minimum atomic E-state index is -0.694. The van der Waals surface area contributed by atoms with Crippen molar-refractivity contribution in [2.45, 2.75) is 77.5 Å². The highest BCUT2D eigenvalue weighted by Gasteiger charge is 2.39. The van der Waals surface area contributed by atoms with Gasteiger partial charge in [0.05, 0.1) is 50.1 Å². The largest absolute Gasteiger partial charge is 0.453 e. The molecule has 48 heavy (non-hydrogen) atoms. The van der Waals surface area contributed by atoms with Crippen LogP contribution in [0.15, 0.2) is 36.7 Å². The maximum atomic E-state index is 13.5. The van der Waals surface area contributed by atoms with E-state index in [9.17, 15) is 19.2 Å². The summed E-state index contributed by atoms with van der Waals surface area (Å²) >= 11 is 0. The van der Waals surface area contributed by atoms with Gasteiger partial charge in [-0.3, -0.25) is 9.59 Å². The number of nitrogens with zero attached hydrogens (tertiary/aromatic N) is 4. The van der Waals surface area contributed by atoms with Crippen molar-refractivity contribution in [3.63, 3.8) is 0 Å². The summed E-state index contributed by atoms with van der Waals surface area (Å²) in [5.41, 5.74) is 3.53. The van der Waals surface area contributed by atoms with E-state index in [1.165, 1.54) is 14.2 Å². The second-order valence-corrected chi connectivity index (χ2v) is 13.0. The number of hydrogen-bond acceptors (Lipinski definition) is 8. The molecule has 4 N–H and O–H groups in total. The first kappa shape index (κ1) is 34.5. The molecule has 0 radical (unpaired) electrons. The Morgan fingerprint density at radius 2 is 1.08 bits per heavy atom. The van der Waals surface area contributed by atoms with E-state index in [2.05, 4.69) is 30.6 Å². The molecular formula is C34H46N8O6. The molecule has 0 spiro atoms. The Bertz CT molecular complexity index is 1480.